The van der Waals surface area contributed by atoms with Crippen molar-refractivity contribution in [2.24, 2.45) is 0 Å². The molecule has 9 heteroatoms. The minimum absolute atomic E-state index is 0.0797. The van der Waals surface area contributed by atoms with Gasteiger partial charge in [-0.1, -0.05) is 30.3 Å². The first-order valence-electron chi connectivity index (χ1n) is 6.44. The highest BCUT2D eigenvalue weighted by atomic mass is 32.2. The van der Waals surface area contributed by atoms with Crippen LogP contribution < -0.4 is 4.18 Å². The number of halogens is 3. The molecule has 0 fully saturated rings. The van der Waals surface area contributed by atoms with Crippen LogP contribution >= 0.6 is 0 Å². The fraction of sp³-hybridized carbons (Fsp3) is 0.133. The fourth-order valence-corrected chi connectivity index (χ4v) is 2.33. The molecule has 128 valence electrons. The third-order valence-electron chi connectivity index (χ3n) is 2.97. The van der Waals surface area contributed by atoms with Crippen LogP contribution in [-0.2, 0) is 14.9 Å². The van der Waals surface area contributed by atoms with Gasteiger partial charge in [0.2, 0.25) is 0 Å². The van der Waals surface area contributed by atoms with Crippen molar-refractivity contribution in [1.82, 2.24) is 0 Å². The lowest BCUT2D eigenvalue weighted by atomic mass is 10.0. The van der Waals surface area contributed by atoms with E-state index in [0.717, 1.165) is 13.2 Å². The molecule has 0 spiro atoms. The topological polar surface area (TPSA) is 69.7 Å². The number of esters is 1. The number of benzene rings is 2. The van der Waals surface area contributed by atoms with E-state index < -0.39 is 27.3 Å². The quantitative estimate of drug-likeness (QED) is 0.475. The van der Waals surface area contributed by atoms with Crippen LogP contribution in [0.25, 0.3) is 11.1 Å². The summed E-state index contributed by atoms with van der Waals surface area (Å²) in [5.41, 5.74) is -5.25. The van der Waals surface area contributed by atoms with Crippen molar-refractivity contribution in [1.29, 1.82) is 0 Å². The summed E-state index contributed by atoms with van der Waals surface area (Å²) < 4.78 is 69.0. The van der Waals surface area contributed by atoms with Crippen molar-refractivity contribution in [2.75, 3.05) is 7.11 Å². The maximum Gasteiger partial charge on any atom is 0.534 e. The molecular weight excluding hydrogens is 349 g/mol. The Labute approximate surface area is 135 Å². The van der Waals surface area contributed by atoms with Crippen molar-refractivity contribution >= 4 is 16.1 Å². The zero-order valence-corrected chi connectivity index (χ0v) is 13.0. The predicted molar refractivity (Wildman–Crippen MR) is 78.8 cm³/mol. The summed E-state index contributed by atoms with van der Waals surface area (Å²) in [7, 11) is -4.80. The Bertz CT molecular complexity index is 845. The van der Waals surface area contributed by atoms with Crippen LogP contribution in [-0.4, -0.2) is 27.0 Å². The van der Waals surface area contributed by atoms with Crippen molar-refractivity contribution in [3.8, 4) is 16.9 Å². The number of alkyl halides is 3. The second-order valence-corrected chi connectivity index (χ2v) is 6.09. The zero-order valence-electron chi connectivity index (χ0n) is 12.2. The van der Waals surface area contributed by atoms with E-state index in [0.29, 0.717) is 5.56 Å². The van der Waals surface area contributed by atoms with E-state index in [1.807, 2.05) is 0 Å². The van der Waals surface area contributed by atoms with Gasteiger partial charge in [-0.25, -0.2) is 4.79 Å². The Morgan fingerprint density at radius 3 is 2.21 bits per heavy atom. The second kappa shape index (κ2) is 6.52. The van der Waals surface area contributed by atoms with Crippen LogP contribution in [0.2, 0.25) is 0 Å². The van der Waals surface area contributed by atoms with E-state index in [4.69, 9.17) is 0 Å². The maximum absolute atomic E-state index is 12.6. The molecule has 0 bridgehead atoms. The predicted octanol–water partition coefficient (Wildman–Crippen LogP) is 3.37. The molecule has 0 unspecified atom stereocenters. The summed E-state index contributed by atoms with van der Waals surface area (Å²) in [6.07, 6.45) is 0. The number of carbonyl (C=O) groups is 1. The summed E-state index contributed by atoms with van der Waals surface area (Å²) in [6.45, 7) is 0. The number of rotatable bonds is 4. The lowest BCUT2D eigenvalue weighted by Gasteiger charge is -2.14. The molecule has 2 aromatic carbocycles. The van der Waals surface area contributed by atoms with Crippen molar-refractivity contribution < 1.29 is 35.3 Å². The molecule has 2 aromatic rings. The molecule has 0 saturated carbocycles. The van der Waals surface area contributed by atoms with Gasteiger partial charge in [-0.3, -0.25) is 0 Å². The smallest absolute Gasteiger partial charge is 0.465 e. The summed E-state index contributed by atoms with van der Waals surface area (Å²) in [5.74, 6) is -1.47. The molecule has 0 N–H and O–H groups in total. The van der Waals surface area contributed by atoms with Gasteiger partial charge < -0.3 is 8.92 Å². The molecule has 0 aliphatic rings. The molecule has 0 aliphatic heterocycles. The number of hydrogen-bond donors (Lipinski definition) is 0. The average Bonchev–Trinajstić information content (AvgIpc) is 2.53. The van der Waals surface area contributed by atoms with Crippen LogP contribution in [0.1, 0.15) is 10.4 Å². The number of ether oxygens (including phenoxy) is 1. The molecule has 0 saturated heterocycles. The van der Waals surface area contributed by atoms with Crippen LogP contribution in [0.3, 0.4) is 0 Å². The highest BCUT2D eigenvalue weighted by Crippen LogP contribution is 2.35. The Kier molecular flexibility index (Phi) is 4.83. The van der Waals surface area contributed by atoms with E-state index in [-0.39, 0.29) is 11.1 Å². The van der Waals surface area contributed by atoms with Gasteiger partial charge in [0.05, 0.1) is 12.7 Å². The lowest BCUT2D eigenvalue weighted by Crippen LogP contribution is -2.28. The van der Waals surface area contributed by atoms with Gasteiger partial charge in [-0.05, 0) is 23.8 Å². The zero-order chi connectivity index (χ0) is 18.0. The van der Waals surface area contributed by atoms with Gasteiger partial charge in [-0.2, -0.15) is 21.6 Å². The van der Waals surface area contributed by atoms with Gasteiger partial charge in [0.1, 0.15) is 0 Å². The summed E-state index contributed by atoms with van der Waals surface area (Å²) in [5, 5.41) is 0. The molecule has 0 amide bonds. The second-order valence-electron chi connectivity index (χ2n) is 4.55. The van der Waals surface area contributed by atoms with E-state index >= 15 is 0 Å². The van der Waals surface area contributed by atoms with Crippen LogP contribution in [0, 0.1) is 0 Å². The van der Waals surface area contributed by atoms with Crippen LogP contribution in [0.5, 0.6) is 5.75 Å². The fourth-order valence-electron chi connectivity index (χ4n) is 1.86. The number of carbonyl (C=O) groups excluding carboxylic acids is 1. The summed E-state index contributed by atoms with van der Waals surface area (Å²) in [6, 6.07) is 11.5. The monoisotopic (exact) mass is 360 g/mol. The summed E-state index contributed by atoms with van der Waals surface area (Å²) in [4.78, 5) is 11.5. The van der Waals surface area contributed by atoms with Gasteiger partial charge in [0, 0.05) is 5.56 Å². The first-order valence-corrected chi connectivity index (χ1v) is 7.85. The van der Waals surface area contributed by atoms with Gasteiger partial charge in [-0.15, -0.1) is 0 Å². The molecule has 24 heavy (non-hydrogen) atoms. The van der Waals surface area contributed by atoms with E-state index in [1.54, 1.807) is 30.3 Å². The number of hydrogen-bond acceptors (Lipinski definition) is 5. The van der Waals surface area contributed by atoms with E-state index in [2.05, 4.69) is 8.92 Å². The molecule has 2 rings (SSSR count). The standard InChI is InChI=1S/C15H11F3O5S/c1-22-14(19)11-7-8-12(10-5-3-2-4-6-10)13(9-11)23-24(20,21)15(16,17)18/h2-9H,1H3. The van der Waals surface area contributed by atoms with Crippen molar-refractivity contribution in [2.45, 2.75) is 5.51 Å². The first kappa shape index (κ1) is 17.8. The minimum atomic E-state index is -5.88. The lowest BCUT2D eigenvalue weighted by molar-refractivity contribution is -0.0499. The van der Waals surface area contributed by atoms with E-state index in [9.17, 15) is 26.4 Å². The molecule has 0 aliphatic carbocycles. The maximum atomic E-state index is 12.6. The number of methoxy groups -OCH3 is 1. The van der Waals surface area contributed by atoms with Crippen LogP contribution in [0.4, 0.5) is 13.2 Å². The molecular formula is C15H11F3O5S. The van der Waals surface area contributed by atoms with Gasteiger partial charge in [0.25, 0.3) is 0 Å². The van der Waals surface area contributed by atoms with Gasteiger partial charge in [0.15, 0.2) is 5.75 Å². The summed E-state index contributed by atoms with van der Waals surface area (Å²) >= 11 is 0. The third-order valence-corrected chi connectivity index (χ3v) is 3.94. The van der Waals surface area contributed by atoms with E-state index in [1.165, 1.54) is 12.1 Å². The normalized spacial score (nSPS) is 11.8. The largest absolute Gasteiger partial charge is 0.534 e. The Hall–Kier alpha value is -2.55. The minimum Gasteiger partial charge on any atom is -0.465 e. The average molecular weight is 360 g/mol. The highest BCUT2D eigenvalue weighted by Gasteiger charge is 2.48. The third kappa shape index (κ3) is 3.67. The Balaban J connectivity index is 2.59. The van der Waals surface area contributed by atoms with Crippen LogP contribution in [0.15, 0.2) is 48.5 Å². The SMILES string of the molecule is COC(=O)c1ccc(-c2ccccc2)c(OS(=O)(=O)C(F)(F)F)c1. The first-order chi connectivity index (χ1) is 11.2. The highest BCUT2D eigenvalue weighted by molar-refractivity contribution is 7.88. The molecule has 0 atom stereocenters. The Morgan fingerprint density at radius 2 is 1.67 bits per heavy atom. The molecule has 0 heterocycles. The van der Waals surface area contributed by atoms with Crippen molar-refractivity contribution in [3.05, 3.63) is 54.1 Å². The van der Waals surface area contributed by atoms with Gasteiger partial charge >= 0.3 is 21.6 Å². The van der Waals surface area contributed by atoms with Crippen molar-refractivity contribution in [3.63, 3.8) is 0 Å². The molecule has 0 radical (unpaired) electrons. The molecule has 0 aromatic heterocycles. The Morgan fingerprint density at radius 1 is 1.04 bits per heavy atom. The molecule has 5 nitrogen and oxygen atoms in total.